The van der Waals surface area contributed by atoms with Crippen LogP contribution in [0.25, 0.3) is 6.08 Å². The van der Waals surface area contributed by atoms with Crippen molar-refractivity contribution in [3.63, 3.8) is 0 Å². The summed E-state index contributed by atoms with van der Waals surface area (Å²) in [6, 6.07) is 11.8. The summed E-state index contributed by atoms with van der Waals surface area (Å²) in [4.78, 5) is 16.9. The molecule has 2 aliphatic heterocycles. The number of nitrogens with one attached hydrogen (secondary N) is 1. The number of hydrazone groups is 1. The standard InChI is InChI=1S/C28H31IN4O4S/c1-6-17(4)19-7-9-20(10-8-19)36-11-12-37-24-22(29)14-18(15-23(24)35-5)13-21-25(30)33-28(31-26(21)34)38-27(32-33)16(2)3/h7-10,13-17,30H,6,11-12H2,1-5H3/b21-13-,30-25?. The molecule has 0 aliphatic carbocycles. The van der Waals surface area contributed by atoms with Gasteiger partial charge in [-0.15, -0.1) is 0 Å². The number of rotatable bonds is 10. The van der Waals surface area contributed by atoms with Crippen molar-refractivity contribution in [3.8, 4) is 17.2 Å². The van der Waals surface area contributed by atoms with Gasteiger partial charge in [0.05, 0.1) is 16.3 Å². The molecule has 8 nitrogen and oxygen atoms in total. The zero-order valence-corrected chi connectivity index (χ0v) is 25.1. The van der Waals surface area contributed by atoms with Gasteiger partial charge in [0.1, 0.15) is 24.0 Å². The lowest BCUT2D eigenvalue weighted by Crippen LogP contribution is -2.35. The second kappa shape index (κ2) is 12.3. The molecule has 38 heavy (non-hydrogen) atoms. The largest absolute Gasteiger partial charge is 0.493 e. The summed E-state index contributed by atoms with van der Waals surface area (Å²) in [6.45, 7) is 9.14. The van der Waals surface area contributed by atoms with E-state index < -0.39 is 5.91 Å². The van der Waals surface area contributed by atoms with Crippen molar-refractivity contribution in [2.24, 2.45) is 16.0 Å². The van der Waals surface area contributed by atoms with E-state index in [9.17, 15) is 4.79 Å². The van der Waals surface area contributed by atoms with E-state index in [0.29, 0.717) is 41.4 Å². The normalized spacial score (nSPS) is 16.9. The van der Waals surface area contributed by atoms with Crippen LogP contribution in [0, 0.1) is 14.9 Å². The van der Waals surface area contributed by atoms with Crippen LogP contribution in [0.15, 0.2) is 52.1 Å². The Morgan fingerprint density at radius 2 is 1.84 bits per heavy atom. The van der Waals surface area contributed by atoms with Gasteiger partial charge >= 0.3 is 0 Å². The highest BCUT2D eigenvalue weighted by atomic mass is 127. The Morgan fingerprint density at radius 1 is 1.13 bits per heavy atom. The lowest BCUT2D eigenvalue weighted by molar-refractivity contribution is -0.114. The van der Waals surface area contributed by atoms with E-state index in [1.54, 1.807) is 19.3 Å². The molecule has 2 aromatic carbocycles. The summed E-state index contributed by atoms with van der Waals surface area (Å²) >= 11 is 3.50. The Bertz CT molecular complexity index is 1320. The average Bonchev–Trinajstić information content (AvgIpc) is 3.34. The van der Waals surface area contributed by atoms with Gasteiger partial charge in [-0.3, -0.25) is 10.2 Å². The third-order valence-electron chi connectivity index (χ3n) is 6.19. The van der Waals surface area contributed by atoms with Gasteiger partial charge in [0.2, 0.25) is 5.17 Å². The van der Waals surface area contributed by atoms with Crippen molar-refractivity contribution in [2.45, 2.75) is 40.0 Å². The van der Waals surface area contributed by atoms with Gasteiger partial charge in [-0.1, -0.05) is 39.8 Å². The highest BCUT2D eigenvalue weighted by molar-refractivity contribution is 14.1. The Hall–Kier alpha value is -2.86. The summed E-state index contributed by atoms with van der Waals surface area (Å²) < 4.78 is 18.2. The summed E-state index contributed by atoms with van der Waals surface area (Å²) in [5.41, 5.74) is 2.17. The van der Waals surface area contributed by atoms with Crippen LogP contribution < -0.4 is 14.2 Å². The molecule has 1 atom stereocenters. The van der Waals surface area contributed by atoms with Gasteiger partial charge < -0.3 is 14.2 Å². The molecular formula is C28H31IN4O4S. The zero-order chi connectivity index (χ0) is 27.4. The summed E-state index contributed by atoms with van der Waals surface area (Å²) in [5, 5.41) is 15.7. The van der Waals surface area contributed by atoms with Crippen LogP contribution in [-0.2, 0) is 4.79 Å². The van der Waals surface area contributed by atoms with E-state index in [0.717, 1.165) is 20.8 Å². The predicted octanol–water partition coefficient (Wildman–Crippen LogP) is 6.55. The smallest absolute Gasteiger partial charge is 0.283 e. The van der Waals surface area contributed by atoms with Gasteiger partial charge in [-0.2, -0.15) is 15.1 Å². The van der Waals surface area contributed by atoms with Crippen molar-refractivity contribution in [1.29, 1.82) is 5.41 Å². The fourth-order valence-corrected chi connectivity index (χ4v) is 5.48. The Balaban J connectivity index is 1.44. The second-order valence-corrected chi connectivity index (χ2v) is 11.4. The molecule has 0 fully saturated rings. The molecule has 2 heterocycles. The van der Waals surface area contributed by atoms with E-state index in [2.05, 4.69) is 58.7 Å². The molecule has 4 rings (SSSR count). The van der Waals surface area contributed by atoms with Gasteiger partial charge in [-0.05, 0) is 88.2 Å². The molecule has 2 aliphatic rings. The fourth-order valence-electron chi connectivity index (χ4n) is 3.80. The molecule has 0 bridgehead atoms. The minimum absolute atomic E-state index is 0.00628. The highest BCUT2D eigenvalue weighted by Gasteiger charge is 2.36. The van der Waals surface area contributed by atoms with Gasteiger partial charge in [0, 0.05) is 5.92 Å². The van der Waals surface area contributed by atoms with Crippen LogP contribution in [-0.4, -0.2) is 47.3 Å². The number of carbonyl (C=O) groups is 1. The molecule has 1 N–H and O–H groups in total. The van der Waals surface area contributed by atoms with Crippen LogP contribution in [0.5, 0.6) is 17.2 Å². The Labute approximate surface area is 241 Å². The lowest BCUT2D eigenvalue weighted by Gasteiger charge is -2.20. The number of methoxy groups -OCH3 is 1. The van der Waals surface area contributed by atoms with Crippen molar-refractivity contribution in [2.75, 3.05) is 20.3 Å². The van der Waals surface area contributed by atoms with Crippen LogP contribution in [0.3, 0.4) is 0 Å². The first-order valence-corrected chi connectivity index (χ1v) is 14.3. The molecule has 0 aromatic heterocycles. The van der Waals surface area contributed by atoms with E-state index in [-0.39, 0.29) is 17.3 Å². The molecule has 0 saturated carbocycles. The van der Waals surface area contributed by atoms with Crippen LogP contribution in [0.4, 0.5) is 0 Å². The number of hydrogen-bond donors (Lipinski definition) is 1. The van der Waals surface area contributed by atoms with Crippen molar-refractivity contribution < 1.29 is 19.0 Å². The fraction of sp³-hybridized carbons (Fsp3) is 0.357. The molecule has 0 saturated heterocycles. The first-order chi connectivity index (χ1) is 18.2. The maximum atomic E-state index is 12.7. The minimum Gasteiger partial charge on any atom is -0.493 e. The number of amidine groups is 2. The second-order valence-electron chi connectivity index (χ2n) is 9.22. The quantitative estimate of drug-likeness (QED) is 0.179. The lowest BCUT2D eigenvalue weighted by atomic mass is 9.99. The first kappa shape index (κ1) is 28.2. The van der Waals surface area contributed by atoms with Crippen molar-refractivity contribution >= 4 is 62.4 Å². The number of nitrogens with zero attached hydrogens (tertiary/aromatic N) is 3. The number of ether oxygens (including phenoxy) is 3. The van der Waals surface area contributed by atoms with Gasteiger partial charge in [0.15, 0.2) is 17.3 Å². The molecule has 1 unspecified atom stereocenters. The van der Waals surface area contributed by atoms with E-state index in [1.807, 2.05) is 32.0 Å². The summed E-state index contributed by atoms with van der Waals surface area (Å²) in [5.74, 6) is 2.18. The molecule has 0 radical (unpaired) electrons. The number of hydrogen-bond acceptors (Lipinski definition) is 7. The van der Waals surface area contributed by atoms with Crippen LogP contribution in [0.1, 0.15) is 51.2 Å². The number of benzene rings is 2. The summed E-state index contributed by atoms with van der Waals surface area (Å²) in [7, 11) is 1.57. The SMILES string of the molecule is CCC(C)c1ccc(OCCOc2c(I)cc(/C=C3/C(=N)N4N=C(C(C)C)SC4=NC3=O)cc2OC)cc1. The number of halogens is 1. The van der Waals surface area contributed by atoms with E-state index >= 15 is 0 Å². The number of aliphatic imine (C=N–C) groups is 1. The van der Waals surface area contributed by atoms with E-state index in [4.69, 9.17) is 19.6 Å². The minimum atomic E-state index is -0.461. The first-order valence-electron chi connectivity index (χ1n) is 12.4. The van der Waals surface area contributed by atoms with Gasteiger partial charge in [-0.25, -0.2) is 0 Å². The van der Waals surface area contributed by atoms with Crippen molar-refractivity contribution in [1.82, 2.24) is 5.01 Å². The maximum absolute atomic E-state index is 12.7. The number of carbonyl (C=O) groups excluding carboxylic acids is 1. The highest BCUT2D eigenvalue weighted by Crippen LogP contribution is 2.36. The molecule has 1 amide bonds. The Morgan fingerprint density at radius 3 is 2.50 bits per heavy atom. The van der Waals surface area contributed by atoms with Crippen LogP contribution >= 0.6 is 34.4 Å². The monoisotopic (exact) mass is 646 g/mol. The topological polar surface area (TPSA) is 96.6 Å². The summed E-state index contributed by atoms with van der Waals surface area (Å²) in [6.07, 6.45) is 2.74. The number of amides is 1. The Kier molecular flexibility index (Phi) is 9.14. The predicted molar refractivity (Wildman–Crippen MR) is 162 cm³/mol. The molecular weight excluding hydrogens is 615 g/mol. The number of thioether (sulfide) groups is 1. The van der Waals surface area contributed by atoms with Crippen molar-refractivity contribution in [3.05, 3.63) is 56.7 Å². The zero-order valence-electron chi connectivity index (χ0n) is 22.1. The average molecular weight is 647 g/mol. The molecule has 2 aromatic rings. The maximum Gasteiger partial charge on any atom is 0.283 e. The molecule has 200 valence electrons. The molecule has 0 spiro atoms. The van der Waals surface area contributed by atoms with Gasteiger partial charge in [0.25, 0.3) is 5.91 Å². The van der Waals surface area contributed by atoms with E-state index in [1.165, 1.54) is 22.3 Å². The van der Waals surface area contributed by atoms with Crippen LogP contribution in [0.2, 0.25) is 0 Å². The number of fused-ring (bicyclic) bond motifs is 1. The third-order valence-corrected chi connectivity index (χ3v) is 8.20. The third kappa shape index (κ3) is 6.23. The molecule has 10 heteroatoms.